The van der Waals surface area contributed by atoms with E-state index in [1.807, 2.05) is 11.8 Å². The zero-order valence-corrected chi connectivity index (χ0v) is 14.3. The predicted octanol–water partition coefficient (Wildman–Crippen LogP) is 1.90. The molecule has 1 aromatic rings. The summed E-state index contributed by atoms with van der Waals surface area (Å²) in [4.78, 5) is 14.2. The molecule has 3 N–H and O–H groups in total. The molecule has 0 bridgehead atoms. The van der Waals surface area contributed by atoms with Crippen molar-refractivity contribution in [2.24, 2.45) is 5.41 Å². The second kappa shape index (κ2) is 7.92. The van der Waals surface area contributed by atoms with Gasteiger partial charge in [0, 0.05) is 22.7 Å². The molecule has 0 aliphatic carbocycles. The van der Waals surface area contributed by atoms with Gasteiger partial charge >= 0.3 is 0 Å². The Labute approximate surface area is 136 Å². The van der Waals surface area contributed by atoms with Gasteiger partial charge in [0.25, 0.3) is 0 Å². The lowest BCUT2D eigenvalue weighted by Gasteiger charge is -2.33. The Bertz CT molecular complexity index is 518. The summed E-state index contributed by atoms with van der Waals surface area (Å²) in [6, 6.07) is 4.96. The van der Waals surface area contributed by atoms with Crippen molar-refractivity contribution in [3.05, 3.63) is 28.8 Å². The highest BCUT2D eigenvalue weighted by Crippen LogP contribution is 2.23. The number of benzene rings is 1. The van der Waals surface area contributed by atoms with Gasteiger partial charge in [0.2, 0.25) is 5.91 Å². The summed E-state index contributed by atoms with van der Waals surface area (Å²) in [6.07, 6.45) is 0. The second-order valence-corrected chi connectivity index (χ2v) is 6.53. The van der Waals surface area contributed by atoms with Crippen LogP contribution in [0, 0.1) is 12.3 Å². The van der Waals surface area contributed by atoms with Crippen LogP contribution in [0.25, 0.3) is 0 Å². The standard InChI is InChI=1S/C16H25ClN2O3/c1-11-13(17)6-5-7-14(11)18-15(22)12(2)19(4)8-16(3,9-20)10-21/h5-7,12,20-21H,8-10H2,1-4H3,(H,18,22). The largest absolute Gasteiger partial charge is 0.396 e. The first-order valence-electron chi connectivity index (χ1n) is 7.22. The van der Waals surface area contributed by atoms with Gasteiger partial charge in [-0.15, -0.1) is 0 Å². The van der Waals surface area contributed by atoms with Gasteiger partial charge in [-0.25, -0.2) is 0 Å². The van der Waals surface area contributed by atoms with E-state index in [0.717, 1.165) is 5.56 Å². The molecule has 1 atom stereocenters. The van der Waals surface area contributed by atoms with Gasteiger partial charge in [-0.3, -0.25) is 9.69 Å². The molecule has 0 radical (unpaired) electrons. The molecule has 0 aliphatic rings. The SMILES string of the molecule is Cc1c(Cl)cccc1NC(=O)C(C)N(C)CC(C)(CO)CO. The van der Waals surface area contributed by atoms with E-state index in [2.05, 4.69) is 5.32 Å². The van der Waals surface area contributed by atoms with Crippen LogP contribution in [0.15, 0.2) is 18.2 Å². The number of aliphatic hydroxyl groups excluding tert-OH is 2. The van der Waals surface area contributed by atoms with Crippen molar-refractivity contribution in [1.29, 1.82) is 0 Å². The first-order chi connectivity index (χ1) is 10.2. The fourth-order valence-electron chi connectivity index (χ4n) is 2.07. The molecule has 1 rings (SSSR count). The maximum Gasteiger partial charge on any atom is 0.241 e. The summed E-state index contributed by atoms with van der Waals surface area (Å²) in [5, 5.41) is 22.2. The summed E-state index contributed by atoms with van der Waals surface area (Å²) in [6.45, 7) is 5.52. The fourth-order valence-corrected chi connectivity index (χ4v) is 2.24. The first kappa shape index (κ1) is 18.9. The average molecular weight is 329 g/mol. The smallest absolute Gasteiger partial charge is 0.241 e. The molecule has 0 saturated carbocycles. The first-order valence-corrected chi connectivity index (χ1v) is 7.60. The lowest BCUT2D eigenvalue weighted by Crippen LogP contribution is -2.47. The summed E-state index contributed by atoms with van der Waals surface area (Å²) >= 11 is 6.05. The molecule has 6 heteroatoms. The highest BCUT2D eigenvalue weighted by molar-refractivity contribution is 6.31. The Morgan fingerprint density at radius 2 is 2.00 bits per heavy atom. The van der Waals surface area contributed by atoms with E-state index in [-0.39, 0.29) is 19.1 Å². The normalized spacial score (nSPS) is 13.3. The lowest BCUT2D eigenvalue weighted by atomic mass is 9.92. The average Bonchev–Trinajstić information content (AvgIpc) is 2.50. The second-order valence-electron chi connectivity index (χ2n) is 6.12. The molecule has 0 aromatic heterocycles. The van der Waals surface area contributed by atoms with Crippen LogP contribution in [0.4, 0.5) is 5.69 Å². The maximum atomic E-state index is 12.4. The molecule has 0 spiro atoms. The molecular formula is C16H25ClN2O3. The lowest BCUT2D eigenvalue weighted by molar-refractivity contribution is -0.121. The minimum Gasteiger partial charge on any atom is -0.396 e. The molecule has 0 aliphatic heterocycles. The van der Waals surface area contributed by atoms with E-state index in [9.17, 15) is 15.0 Å². The van der Waals surface area contributed by atoms with E-state index >= 15 is 0 Å². The number of aliphatic hydroxyl groups is 2. The molecule has 1 unspecified atom stereocenters. The monoisotopic (exact) mass is 328 g/mol. The third-order valence-electron chi connectivity index (χ3n) is 3.96. The minimum atomic E-state index is -0.644. The summed E-state index contributed by atoms with van der Waals surface area (Å²) < 4.78 is 0. The Morgan fingerprint density at radius 1 is 1.41 bits per heavy atom. The maximum absolute atomic E-state index is 12.4. The highest BCUT2D eigenvalue weighted by atomic mass is 35.5. The van der Waals surface area contributed by atoms with Crippen LogP contribution in [0.5, 0.6) is 0 Å². The van der Waals surface area contributed by atoms with E-state index in [0.29, 0.717) is 17.3 Å². The fraction of sp³-hybridized carbons (Fsp3) is 0.562. The number of hydrogen-bond donors (Lipinski definition) is 3. The molecule has 0 saturated heterocycles. The summed E-state index contributed by atoms with van der Waals surface area (Å²) in [5.74, 6) is -0.161. The van der Waals surface area contributed by atoms with Crippen molar-refractivity contribution in [2.75, 3.05) is 32.1 Å². The van der Waals surface area contributed by atoms with Crippen molar-refractivity contribution in [3.63, 3.8) is 0 Å². The minimum absolute atomic E-state index is 0.143. The Balaban J connectivity index is 2.74. The topological polar surface area (TPSA) is 72.8 Å². The van der Waals surface area contributed by atoms with Gasteiger partial charge in [-0.1, -0.05) is 24.6 Å². The van der Waals surface area contributed by atoms with Crippen LogP contribution < -0.4 is 5.32 Å². The Hall–Kier alpha value is -1.14. The molecule has 1 aromatic carbocycles. The van der Waals surface area contributed by atoms with Crippen molar-refractivity contribution >= 4 is 23.2 Å². The molecule has 1 amide bonds. The van der Waals surface area contributed by atoms with Crippen LogP contribution in [-0.2, 0) is 4.79 Å². The number of carbonyl (C=O) groups excluding carboxylic acids is 1. The van der Waals surface area contributed by atoms with E-state index in [1.165, 1.54) is 0 Å². The number of anilines is 1. The zero-order chi connectivity index (χ0) is 16.9. The van der Waals surface area contributed by atoms with Crippen LogP contribution in [0.1, 0.15) is 19.4 Å². The molecule has 22 heavy (non-hydrogen) atoms. The highest BCUT2D eigenvalue weighted by Gasteiger charge is 2.28. The third kappa shape index (κ3) is 4.68. The van der Waals surface area contributed by atoms with Gasteiger partial charge in [-0.05, 0) is 38.6 Å². The molecular weight excluding hydrogens is 304 g/mol. The number of rotatable bonds is 7. The number of likely N-dealkylation sites (N-methyl/N-ethyl adjacent to an activating group) is 1. The number of nitrogens with zero attached hydrogens (tertiary/aromatic N) is 1. The van der Waals surface area contributed by atoms with Crippen LogP contribution in [-0.4, -0.2) is 53.9 Å². The summed E-state index contributed by atoms with van der Waals surface area (Å²) in [7, 11) is 1.79. The quantitative estimate of drug-likeness (QED) is 0.715. The number of hydrogen-bond acceptors (Lipinski definition) is 4. The van der Waals surface area contributed by atoms with Gasteiger partial charge in [0.15, 0.2) is 0 Å². The molecule has 0 heterocycles. The van der Waals surface area contributed by atoms with Crippen molar-refractivity contribution < 1.29 is 15.0 Å². The van der Waals surface area contributed by atoms with Crippen LogP contribution >= 0.6 is 11.6 Å². The van der Waals surface area contributed by atoms with Crippen molar-refractivity contribution in [1.82, 2.24) is 4.90 Å². The Morgan fingerprint density at radius 3 is 2.55 bits per heavy atom. The van der Waals surface area contributed by atoms with Crippen LogP contribution in [0.3, 0.4) is 0 Å². The third-order valence-corrected chi connectivity index (χ3v) is 4.37. The van der Waals surface area contributed by atoms with Gasteiger partial charge in [-0.2, -0.15) is 0 Å². The number of nitrogens with one attached hydrogen (secondary N) is 1. The van der Waals surface area contributed by atoms with Gasteiger partial charge in [0.1, 0.15) is 0 Å². The molecule has 5 nitrogen and oxygen atoms in total. The van der Waals surface area contributed by atoms with E-state index in [1.54, 1.807) is 39.1 Å². The van der Waals surface area contributed by atoms with E-state index in [4.69, 9.17) is 11.6 Å². The van der Waals surface area contributed by atoms with Crippen molar-refractivity contribution in [2.45, 2.75) is 26.8 Å². The number of halogens is 1. The molecule has 0 fully saturated rings. The van der Waals surface area contributed by atoms with Crippen molar-refractivity contribution in [3.8, 4) is 0 Å². The predicted molar refractivity (Wildman–Crippen MR) is 89.2 cm³/mol. The van der Waals surface area contributed by atoms with E-state index < -0.39 is 11.5 Å². The number of carbonyl (C=O) groups is 1. The zero-order valence-electron chi connectivity index (χ0n) is 13.6. The Kier molecular flexibility index (Phi) is 6.81. The van der Waals surface area contributed by atoms with Gasteiger partial charge in [0.05, 0.1) is 19.3 Å². The summed E-state index contributed by atoms with van der Waals surface area (Å²) in [5.41, 5.74) is 0.864. The number of amides is 1. The molecule has 124 valence electrons. The van der Waals surface area contributed by atoms with Crippen LogP contribution in [0.2, 0.25) is 5.02 Å². The van der Waals surface area contributed by atoms with Gasteiger partial charge < -0.3 is 15.5 Å².